The van der Waals surface area contributed by atoms with Crippen molar-refractivity contribution in [3.8, 4) is 17.5 Å². The molecule has 3 rings (SSSR count). The molecule has 0 aliphatic carbocycles. The average Bonchev–Trinajstić information content (AvgIpc) is 3.16. The molecule has 0 saturated carbocycles. The smallest absolute Gasteiger partial charge is 0.332 e. The summed E-state index contributed by atoms with van der Waals surface area (Å²) in [6.45, 7) is 0.481. The first-order valence-electron chi connectivity index (χ1n) is 6.38. The summed E-state index contributed by atoms with van der Waals surface area (Å²) in [5.41, 5.74) is 1.61. The number of benzene rings is 1. The van der Waals surface area contributed by atoms with Gasteiger partial charge in [0, 0.05) is 18.3 Å². The fraction of sp³-hybridized carbons (Fsp3) is 0.143. The third-order valence-corrected chi connectivity index (χ3v) is 2.99. The molecule has 6 nitrogen and oxygen atoms in total. The van der Waals surface area contributed by atoms with Crippen molar-refractivity contribution in [1.82, 2.24) is 19.7 Å². The molecule has 116 valence electrons. The minimum absolute atomic E-state index is 0.127. The van der Waals surface area contributed by atoms with Crippen LogP contribution in [0.5, 0.6) is 0 Å². The standard InChI is InChI=1S/C14H8F3N5O/c15-14(16,17)13-20-12(21-23-13)10-3-1-9(2-4-10)6-22-7-11(5-18)19-8-22/h1-4,7-8H,6H2. The summed E-state index contributed by atoms with van der Waals surface area (Å²) >= 11 is 0. The predicted molar refractivity (Wildman–Crippen MR) is 70.8 cm³/mol. The molecular formula is C14H8F3N5O. The fourth-order valence-electron chi connectivity index (χ4n) is 1.93. The summed E-state index contributed by atoms with van der Waals surface area (Å²) in [6.07, 6.45) is -1.53. The SMILES string of the molecule is N#Cc1cn(Cc2ccc(-c3noc(C(F)(F)F)n3)cc2)cn1. The van der Waals surface area contributed by atoms with E-state index in [1.165, 1.54) is 6.33 Å². The zero-order valence-corrected chi connectivity index (χ0v) is 11.4. The van der Waals surface area contributed by atoms with Gasteiger partial charge < -0.3 is 9.09 Å². The number of alkyl halides is 3. The van der Waals surface area contributed by atoms with Gasteiger partial charge in [0.1, 0.15) is 6.07 Å². The molecule has 2 heterocycles. The largest absolute Gasteiger partial charge is 0.471 e. The van der Waals surface area contributed by atoms with E-state index < -0.39 is 12.1 Å². The van der Waals surface area contributed by atoms with E-state index in [-0.39, 0.29) is 5.82 Å². The third-order valence-electron chi connectivity index (χ3n) is 2.99. The van der Waals surface area contributed by atoms with E-state index in [9.17, 15) is 13.2 Å². The first kappa shape index (κ1) is 14.8. The number of imidazole rings is 1. The number of aromatic nitrogens is 4. The van der Waals surface area contributed by atoms with Gasteiger partial charge in [-0.15, -0.1) is 0 Å². The van der Waals surface area contributed by atoms with Crippen LogP contribution in [-0.2, 0) is 12.7 Å². The van der Waals surface area contributed by atoms with Gasteiger partial charge in [0.05, 0.1) is 6.33 Å². The van der Waals surface area contributed by atoms with Crippen LogP contribution in [0.4, 0.5) is 13.2 Å². The van der Waals surface area contributed by atoms with Gasteiger partial charge in [0.25, 0.3) is 0 Å². The number of hydrogen-bond donors (Lipinski definition) is 0. The summed E-state index contributed by atoms with van der Waals surface area (Å²) in [5, 5.41) is 12.0. The number of halogens is 3. The van der Waals surface area contributed by atoms with Crippen LogP contribution in [0.2, 0.25) is 0 Å². The second kappa shape index (κ2) is 5.57. The molecule has 9 heteroatoms. The lowest BCUT2D eigenvalue weighted by Crippen LogP contribution is -2.04. The highest BCUT2D eigenvalue weighted by Crippen LogP contribution is 2.29. The van der Waals surface area contributed by atoms with Crippen molar-refractivity contribution >= 4 is 0 Å². The second-order valence-corrected chi connectivity index (χ2v) is 4.66. The number of rotatable bonds is 3. The van der Waals surface area contributed by atoms with Gasteiger partial charge in [0.15, 0.2) is 5.69 Å². The molecular weight excluding hydrogens is 311 g/mol. The average molecular weight is 319 g/mol. The molecule has 0 aliphatic rings. The molecule has 3 aromatic rings. The Bertz CT molecular complexity index is 858. The van der Waals surface area contributed by atoms with E-state index in [4.69, 9.17) is 5.26 Å². The third kappa shape index (κ3) is 3.21. The Morgan fingerprint density at radius 3 is 2.52 bits per heavy atom. The normalized spacial score (nSPS) is 11.4. The molecule has 23 heavy (non-hydrogen) atoms. The van der Waals surface area contributed by atoms with Crippen molar-refractivity contribution in [2.24, 2.45) is 0 Å². The second-order valence-electron chi connectivity index (χ2n) is 4.66. The molecule has 0 N–H and O–H groups in total. The molecule has 0 saturated heterocycles. The van der Waals surface area contributed by atoms with Crippen molar-refractivity contribution in [1.29, 1.82) is 5.26 Å². The van der Waals surface area contributed by atoms with Crippen molar-refractivity contribution in [2.75, 3.05) is 0 Å². The summed E-state index contributed by atoms with van der Waals surface area (Å²) < 4.78 is 43.2. The highest BCUT2D eigenvalue weighted by Gasteiger charge is 2.38. The van der Waals surface area contributed by atoms with Crippen LogP contribution in [0, 0.1) is 11.3 Å². The first-order chi connectivity index (χ1) is 11.0. The van der Waals surface area contributed by atoms with Gasteiger partial charge in [-0.2, -0.15) is 23.4 Å². The molecule has 2 aromatic heterocycles. The molecule has 0 bridgehead atoms. The van der Waals surface area contributed by atoms with E-state index in [2.05, 4.69) is 19.6 Å². The Morgan fingerprint density at radius 2 is 1.96 bits per heavy atom. The molecule has 1 aromatic carbocycles. The molecule has 0 aliphatic heterocycles. The van der Waals surface area contributed by atoms with Crippen LogP contribution in [0.25, 0.3) is 11.4 Å². The van der Waals surface area contributed by atoms with Crippen molar-refractivity contribution < 1.29 is 17.7 Å². The number of nitrogens with zero attached hydrogens (tertiary/aromatic N) is 5. The quantitative estimate of drug-likeness (QED) is 0.741. The zero-order valence-electron chi connectivity index (χ0n) is 11.4. The van der Waals surface area contributed by atoms with Gasteiger partial charge in [-0.1, -0.05) is 29.4 Å². The van der Waals surface area contributed by atoms with Gasteiger partial charge in [-0.3, -0.25) is 0 Å². The Labute approximate surface area is 127 Å². The predicted octanol–water partition coefficient (Wildman–Crippen LogP) is 2.87. The molecule has 0 fully saturated rings. The molecule has 0 spiro atoms. The fourth-order valence-corrected chi connectivity index (χ4v) is 1.93. The highest BCUT2D eigenvalue weighted by molar-refractivity contribution is 5.54. The van der Waals surface area contributed by atoms with Crippen molar-refractivity contribution in [2.45, 2.75) is 12.7 Å². The van der Waals surface area contributed by atoms with Gasteiger partial charge in [-0.05, 0) is 5.56 Å². The van der Waals surface area contributed by atoms with Gasteiger partial charge in [-0.25, -0.2) is 4.98 Å². The minimum Gasteiger partial charge on any atom is -0.332 e. The molecule has 0 amide bonds. The number of nitriles is 1. The van der Waals surface area contributed by atoms with E-state index in [0.29, 0.717) is 17.8 Å². The van der Waals surface area contributed by atoms with Crippen LogP contribution in [0.1, 0.15) is 17.1 Å². The maximum absolute atomic E-state index is 12.4. The molecule has 0 atom stereocenters. The van der Waals surface area contributed by atoms with Gasteiger partial charge >= 0.3 is 12.1 Å². The summed E-state index contributed by atoms with van der Waals surface area (Å²) in [4.78, 5) is 7.21. The van der Waals surface area contributed by atoms with Crippen LogP contribution < -0.4 is 0 Å². The minimum atomic E-state index is -4.66. The first-order valence-corrected chi connectivity index (χ1v) is 6.38. The van der Waals surface area contributed by atoms with Crippen LogP contribution in [0.15, 0.2) is 41.3 Å². The molecule has 0 unspecified atom stereocenters. The lowest BCUT2D eigenvalue weighted by Gasteiger charge is -2.03. The van der Waals surface area contributed by atoms with Crippen molar-refractivity contribution in [3.05, 3.63) is 53.9 Å². The van der Waals surface area contributed by atoms with Crippen LogP contribution in [0.3, 0.4) is 0 Å². The van der Waals surface area contributed by atoms with E-state index >= 15 is 0 Å². The van der Waals surface area contributed by atoms with E-state index in [0.717, 1.165) is 5.56 Å². The Morgan fingerprint density at radius 1 is 1.22 bits per heavy atom. The highest BCUT2D eigenvalue weighted by atomic mass is 19.4. The monoisotopic (exact) mass is 319 g/mol. The topological polar surface area (TPSA) is 80.5 Å². The Kier molecular flexibility index (Phi) is 3.57. The van der Waals surface area contributed by atoms with E-state index in [1.54, 1.807) is 35.0 Å². The lowest BCUT2D eigenvalue weighted by molar-refractivity contribution is -0.159. The summed E-state index contributed by atoms with van der Waals surface area (Å²) in [5.74, 6) is -1.50. The maximum atomic E-state index is 12.4. The lowest BCUT2D eigenvalue weighted by atomic mass is 10.1. The van der Waals surface area contributed by atoms with Gasteiger partial charge in [0.2, 0.25) is 5.82 Å². The number of hydrogen-bond acceptors (Lipinski definition) is 5. The van der Waals surface area contributed by atoms with E-state index in [1.807, 2.05) is 6.07 Å². The zero-order chi connectivity index (χ0) is 16.4. The molecule has 0 radical (unpaired) electrons. The summed E-state index contributed by atoms with van der Waals surface area (Å²) in [7, 11) is 0. The van der Waals surface area contributed by atoms with Crippen LogP contribution in [-0.4, -0.2) is 19.7 Å². The van der Waals surface area contributed by atoms with Crippen LogP contribution >= 0.6 is 0 Å². The Hall–Kier alpha value is -3.15. The Balaban J connectivity index is 1.77. The summed E-state index contributed by atoms with van der Waals surface area (Å²) in [6, 6.07) is 8.58. The van der Waals surface area contributed by atoms with Crippen molar-refractivity contribution in [3.63, 3.8) is 0 Å². The maximum Gasteiger partial charge on any atom is 0.471 e.